The van der Waals surface area contributed by atoms with Crippen molar-refractivity contribution < 1.29 is 36.4 Å². The number of hydrogen-bond acceptors (Lipinski definition) is 8. The summed E-state index contributed by atoms with van der Waals surface area (Å²) in [5.41, 5.74) is 1.83. The Hall–Kier alpha value is -3.71. The Morgan fingerprint density at radius 2 is 1.88 bits per heavy atom. The zero-order valence-corrected chi connectivity index (χ0v) is 23.0. The van der Waals surface area contributed by atoms with Crippen molar-refractivity contribution in [3.63, 3.8) is 0 Å². The predicted molar refractivity (Wildman–Crippen MR) is 147 cm³/mol. The van der Waals surface area contributed by atoms with Gasteiger partial charge in [0.05, 0.1) is 17.4 Å². The molecule has 1 N–H and O–H groups in total. The van der Waals surface area contributed by atoms with Crippen LogP contribution in [0.25, 0.3) is 21.5 Å². The summed E-state index contributed by atoms with van der Waals surface area (Å²) >= 11 is 1.40. The second-order valence-corrected chi connectivity index (χ2v) is 12.0. The van der Waals surface area contributed by atoms with Gasteiger partial charge in [0.15, 0.2) is 10.9 Å². The van der Waals surface area contributed by atoms with Gasteiger partial charge in [-0.15, -0.1) is 13.2 Å². The first-order chi connectivity index (χ1) is 20.3. The normalized spacial score (nSPS) is 22.1. The van der Waals surface area contributed by atoms with Crippen LogP contribution >= 0.6 is 11.3 Å². The first-order valence-electron chi connectivity index (χ1n) is 13.8. The Kier molecular flexibility index (Phi) is 6.81. The van der Waals surface area contributed by atoms with Crippen molar-refractivity contribution in [1.82, 2.24) is 10.1 Å². The fourth-order valence-electron chi connectivity index (χ4n) is 6.23. The summed E-state index contributed by atoms with van der Waals surface area (Å²) in [6.45, 7) is 0.161. The number of amides is 1. The number of benzene rings is 2. The average molecular weight is 603 g/mol. The zero-order valence-electron chi connectivity index (χ0n) is 22.2. The topological polar surface area (TPSA) is 89.7 Å². The second kappa shape index (κ2) is 10.5. The molecule has 1 saturated carbocycles. The summed E-state index contributed by atoms with van der Waals surface area (Å²) in [6.07, 6.45) is 0.834. The van der Waals surface area contributed by atoms with E-state index in [9.17, 15) is 22.4 Å². The maximum absolute atomic E-state index is 14.7. The Bertz CT molecular complexity index is 1620. The van der Waals surface area contributed by atoms with Crippen molar-refractivity contribution in [3.8, 4) is 17.0 Å². The quantitative estimate of drug-likeness (QED) is 0.161. The molecule has 0 radical (unpaired) electrons. The number of nitrogens with zero attached hydrogens (tertiary/aromatic N) is 3. The first-order valence-corrected chi connectivity index (χ1v) is 14.6. The van der Waals surface area contributed by atoms with Gasteiger partial charge in [-0.1, -0.05) is 28.6 Å². The lowest BCUT2D eigenvalue weighted by Gasteiger charge is -2.38. The lowest BCUT2D eigenvalue weighted by Crippen LogP contribution is -2.45. The van der Waals surface area contributed by atoms with E-state index in [-0.39, 0.29) is 47.5 Å². The van der Waals surface area contributed by atoms with Crippen molar-refractivity contribution >= 4 is 38.8 Å². The van der Waals surface area contributed by atoms with Crippen molar-refractivity contribution in [2.24, 2.45) is 0 Å². The molecule has 2 unspecified atom stereocenters. The number of halogens is 4. The van der Waals surface area contributed by atoms with Crippen LogP contribution in [0.4, 0.5) is 28.4 Å². The van der Waals surface area contributed by atoms with Crippen LogP contribution in [0.5, 0.6) is 5.75 Å². The Balaban J connectivity index is 1.10. The number of hydrogen-bond donors (Lipinski definition) is 1. The highest BCUT2D eigenvalue weighted by molar-refractivity contribution is 7.22. The third-order valence-electron chi connectivity index (χ3n) is 8.17. The van der Waals surface area contributed by atoms with E-state index < -0.39 is 12.2 Å². The number of ether oxygens (including phenoxy) is 2. The van der Waals surface area contributed by atoms with Gasteiger partial charge in [-0.2, -0.15) is 0 Å². The summed E-state index contributed by atoms with van der Waals surface area (Å²) in [5.74, 6) is 0.0186. The van der Waals surface area contributed by atoms with Crippen molar-refractivity contribution in [2.45, 2.75) is 75.6 Å². The third kappa shape index (κ3) is 5.19. The largest absolute Gasteiger partial charge is 0.573 e. The van der Waals surface area contributed by atoms with Gasteiger partial charge in [0.2, 0.25) is 6.41 Å². The molecule has 0 spiro atoms. The van der Waals surface area contributed by atoms with E-state index in [2.05, 4.69) is 25.1 Å². The summed E-state index contributed by atoms with van der Waals surface area (Å²) in [4.78, 5) is 17.7. The molecule has 2 aromatic heterocycles. The Morgan fingerprint density at radius 3 is 2.60 bits per heavy atom. The van der Waals surface area contributed by atoms with Crippen LogP contribution in [0.3, 0.4) is 0 Å². The molecule has 1 amide bonds. The molecule has 2 bridgehead atoms. The highest BCUT2D eigenvalue weighted by Crippen LogP contribution is 2.47. The maximum atomic E-state index is 14.7. The number of thiazole rings is 1. The number of anilines is 2. The number of aromatic nitrogens is 2. The fraction of sp³-hybridized carbons (Fsp3) is 0.414. The number of nitrogens with one attached hydrogen (secondary N) is 1. The molecule has 2 aromatic carbocycles. The molecule has 42 heavy (non-hydrogen) atoms. The van der Waals surface area contributed by atoms with E-state index in [1.165, 1.54) is 35.6 Å². The number of alkyl halides is 3. The minimum atomic E-state index is -4.84. The lowest BCUT2D eigenvalue weighted by atomic mass is 10.00. The zero-order chi connectivity index (χ0) is 29.0. The summed E-state index contributed by atoms with van der Waals surface area (Å²) < 4.78 is 71.0. The molecule has 4 heterocycles. The van der Waals surface area contributed by atoms with Gasteiger partial charge in [0.25, 0.3) is 0 Å². The summed E-state index contributed by atoms with van der Waals surface area (Å²) in [7, 11) is 0. The Labute approximate surface area is 241 Å². The van der Waals surface area contributed by atoms with Crippen LogP contribution in [-0.4, -0.2) is 41.1 Å². The van der Waals surface area contributed by atoms with Crippen LogP contribution in [0.15, 0.2) is 40.9 Å². The number of rotatable bonds is 9. The van der Waals surface area contributed by atoms with Gasteiger partial charge >= 0.3 is 6.36 Å². The number of piperidine rings is 1. The summed E-state index contributed by atoms with van der Waals surface area (Å²) in [5, 5.41) is 7.41. The lowest BCUT2D eigenvalue weighted by molar-refractivity contribution is -0.274. The van der Waals surface area contributed by atoms with Gasteiger partial charge in [-0.05, 0) is 62.8 Å². The number of carbonyl (C=O) groups is 1. The van der Waals surface area contributed by atoms with E-state index in [0.29, 0.717) is 33.8 Å². The molecule has 4 aromatic rings. The average Bonchev–Trinajstić information content (AvgIpc) is 3.46. The molecule has 3 fully saturated rings. The third-order valence-corrected chi connectivity index (χ3v) is 9.19. The van der Waals surface area contributed by atoms with Gasteiger partial charge in [-0.25, -0.2) is 9.37 Å². The fourth-order valence-corrected chi connectivity index (χ4v) is 7.39. The Morgan fingerprint density at radius 1 is 1.12 bits per heavy atom. The van der Waals surface area contributed by atoms with E-state index >= 15 is 0 Å². The molecular weight excluding hydrogens is 576 g/mol. The molecule has 1 aliphatic carbocycles. The maximum Gasteiger partial charge on any atom is 0.573 e. The molecule has 2 atom stereocenters. The van der Waals surface area contributed by atoms with Gasteiger partial charge in [-0.3, -0.25) is 4.79 Å². The van der Waals surface area contributed by atoms with Gasteiger partial charge in [0, 0.05) is 34.8 Å². The van der Waals surface area contributed by atoms with Crippen LogP contribution in [-0.2, 0) is 16.1 Å². The minimum Gasteiger partial charge on any atom is -0.405 e. The van der Waals surface area contributed by atoms with Crippen LogP contribution in [0.2, 0.25) is 0 Å². The second-order valence-electron chi connectivity index (χ2n) is 11.0. The van der Waals surface area contributed by atoms with Crippen LogP contribution in [0.1, 0.15) is 55.8 Å². The van der Waals surface area contributed by atoms with E-state index in [4.69, 9.17) is 9.26 Å². The molecule has 3 aliphatic rings. The number of carbonyl (C=O) groups excluding carboxylic acids is 1. The van der Waals surface area contributed by atoms with Crippen LogP contribution < -0.4 is 15.0 Å². The van der Waals surface area contributed by atoms with Crippen molar-refractivity contribution in [3.05, 3.63) is 53.5 Å². The monoisotopic (exact) mass is 602 g/mol. The molecule has 2 saturated heterocycles. The molecule has 13 heteroatoms. The molecule has 220 valence electrons. The van der Waals surface area contributed by atoms with E-state index in [0.717, 1.165) is 43.7 Å². The van der Waals surface area contributed by atoms with Gasteiger partial charge in [0.1, 0.15) is 22.7 Å². The highest BCUT2D eigenvalue weighted by Gasteiger charge is 2.43. The van der Waals surface area contributed by atoms with Gasteiger partial charge < -0.3 is 24.2 Å². The molecule has 8 nitrogen and oxygen atoms in total. The minimum absolute atomic E-state index is 0.0790. The van der Waals surface area contributed by atoms with E-state index in [1.54, 1.807) is 12.1 Å². The summed E-state index contributed by atoms with van der Waals surface area (Å²) in [6, 6.07) is 9.22. The van der Waals surface area contributed by atoms with E-state index in [1.807, 2.05) is 0 Å². The SMILES string of the molecule is O=CNc1cc(F)c2nc(N3C4CCC3CC(OCc3c(-c5ccccc5OC(F)(F)F)noc3C3CC3)C4)sc2c1. The molecule has 7 rings (SSSR count). The molecule has 2 aliphatic heterocycles. The number of fused-ring (bicyclic) bond motifs is 3. The molecular formula is C29H26F4N4O4S. The van der Waals surface area contributed by atoms with Crippen LogP contribution in [0, 0.1) is 5.82 Å². The standard InChI is InChI=1S/C29H26F4N4O4S/c30-22-9-16(34-14-38)10-24-26(22)35-28(42-24)37-17-7-8-18(37)12-19(11-17)39-13-21-25(36-41-27(21)15-5-6-15)20-3-1-2-4-23(20)40-29(31,32)33/h1-4,9-10,14-15,17-19H,5-8,11-13H2,(H,34,38). The number of para-hydroxylation sites is 1. The van der Waals surface area contributed by atoms with Crippen molar-refractivity contribution in [1.29, 1.82) is 0 Å². The predicted octanol–water partition coefficient (Wildman–Crippen LogP) is 7.15. The smallest absolute Gasteiger partial charge is 0.405 e. The van der Waals surface area contributed by atoms with Crippen molar-refractivity contribution in [2.75, 3.05) is 10.2 Å². The first kappa shape index (κ1) is 27.1. The highest BCUT2D eigenvalue weighted by atomic mass is 32.1.